The lowest BCUT2D eigenvalue weighted by Crippen LogP contribution is -2.54. The summed E-state index contributed by atoms with van der Waals surface area (Å²) >= 11 is 3.38. The van der Waals surface area contributed by atoms with Crippen molar-refractivity contribution in [3.05, 3.63) is 119 Å². The van der Waals surface area contributed by atoms with Gasteiger partial charge in [-0.05, 0) is 91.6 Å². The van der Waals surface area contributed by atoms with Gasteiger partial charge in [0.15, 0.2) is 0 Å². The molecular weight excluding hydrogens is 706 g/mol. The number of nitrogens with one attached hydrogen (secondary N) is 1. The van der Waals surface area contributed by atoms with Gasteiger partial charge in [0, 0.05) is 23.5 Å². The largest absolute Gasteiger partial charge is 0.497 e. The zero-order valence-corrected chi connectivity index (χ0v) is 30.2. The topological polar surface area (TPSA) is 105 Å². The maximum absolute atomic E-state index is 14.7. The highest BCUT2D eigenvalue weighted by Crippen LogP contribution is 2.28. The van der Waals surface area contributed by atoms with Crippen molar-refractivity contribution in [1.29, 1.82) is 0 Å². The molecule has 0 saturated heterocycles. The predicted molar refractivity (Wildman–Crippen MR) is 194 cm³/mol. The Morgan fingerprint density at radius 3 is 2.20 bits per heavy atom. The van der Waals surface area contributed by atoms with E-state index in [0.717, 1.165) is 45.6 Å². The maximum Gasteiger partial charge on any atom is 0.264 e. The average Bonchev–Trinajstić information content (AvgIpc) is 3.63. The third-order valence-corrected chi connectivity index (χ3v) is 10.9. The fourth-order valence-corrected chi connectivity index (χ4v) is 7.71. The molecule has 2 amide bonds. The summed E-state index contributed by atoms with van der Waals surface area (Å²) in [5.41, 5.74) is 1.90. The van der Waals surface area contributed by atoms with Crippen LogP contribution in [0.3, 0.4) is 0 Å². The molecule has 258 valence electrons. The molecule has 5 rings (SSSR count). The van der Waals surface area contributed by atoms with Gasteiger partial charge in [0.1, 0.15) is 24.1 Å². The van der Waals surface area contributed by atoms with Crippen LogP contribution < -0.4 is 19.1 Å². The summed E-state index contributed by atoms with van der Waals surface area (Å²) in [6.07, 6.45) is 4.07. The van der Waals surface area contributed by atoms with Crippen LogP contribution in [0.15, 0.2) is 112 Å². The highest BCUT2D eigenvalue weighted by molar-refractivity contribution is 9.10. The summed E-state index contributed by atoms with van der Waals surface area (Å²) in [6.45, 7) is 1.83. The molecule has 0 heterocycles. The van der Waals surface area contributed by atoms with Gasteiger partial charge in [0.25, 0.3) is 10.0 Å². The molecule has 0 radical (unpaired) electrons. The third-order valence-electron chi connectivity index (χ3n) is 8.58. The first-order chi connectivity index (χ1) is 23.7. The molecule has 0 aliphatic heterocycles. The van der Waals surface area contributed by atoms with Crippen molar-refractivity contribution in [3.63, 3.8) is 0 Å². The Morgan fingerprint density at radius 2 is 1.55 bits per heavy atom. The molecule has 1 aliphatic carbocycles. The number of methoxy groups -OCH3 is 1. The summed E-state index contributed by atoms with van der Waals surface area (Å²) in [5, 5.41) is 3.20. The van der Waals surface area contributed by atoms with E-state index in [0.29, 0.717) is 18.1 Å². The number of carbonyl (C=O) groups excluding carboxylic acids is 2. The second-order valence-corrected chi connectivity index (χ2v) is 14.7. The van der Waals surface area contributed by atoms with Crippen molar-refractivity contribution in [2.24, 2.45) is 0 Å². The summed E-state index contributed by atoms with van der Waals surface area (Å²) in [7, 11) is -2.66. The molecule has 49 heavy (non-hydrogen) atoms. The van der Waals surface area contributed by atoms with Gasteiger partial charge >= 0.3 is 0 Å². The smallest absolute Gasteiger partial charge is 0.264 e. The molecule has 4 aromatic rings. The number of amides is 2. The first kappa shape index (κ1) is 35.9. The molecule has 0 aromatic heterocycles. The SMILES string of the molecule is CCOc1ccc(N(CC(=O)N(Cc2cccc(OC)c2)[C@H](Cc2ccccc2)C(=O)NC2CCCC2)S(=O)(=O)c2ccc(Br)cc2)cc1. The summed E-state index contributed by atoms with van der Waals surface area (Å²) in [5.74, 6) is 0.383. The molecule has 1 saturated carbocycles. The molecule has 0 bridgehead atoms. The fraction of sp³-hybridized carbons (Fsp3) is 0.316. The van der Waals surface area contributed by atoms with E-state index < -0.39 is 28.5 Å². The molecule has 1 N–H and O–H groups in total. The summed E-state index contributed by atoms with van der Waals surface area (Å²) in [4.78, 5) is 30.5. The van der Waals surface area contributed by atoms with Crippen molar-refractivity contribution in [2.45, 2.75) is 62.6 Å². The fourth-order valence-electron chi connectivity index (χ4n) is 6.03. The van der Waals surface area contributed by atoms with Crippen molar-refractivity contribution >= 4 is 43.5 Å². The van der Waals surface area contributed by atoms with Crippen LogP contribution in [0.2, 0.25) is 0 Å². The number of benzene rings is 4. The van der Waals surface area contributed by atoms with E-state index >= 15 is 0 Å². The quantitative estimate of drug-likeness (QED) is 0.144. The number of hydrogen-bond donors (Lipinski definition) is 1. The van der Waals surface area contributed by atoms with Gasteiger partial charge in [0.05, 0.1) is 24.3 Å². The van der Waals surface area contributed by atoms with Crippen molar-refractivity contribution in [2.75, 3.05) is 24.6 Å². The van der Waals surface area contributed by atoms with Gasteiger partial charge in [-0.3, -0.25) is 13.9 Å². The number of rotatable bonds is 15. The van der Waals surface area contributed by atoms with Crippen molar-refractivity contribution < 1.29 is 27.5 Å². The molecule has 0 unspecified atom stereocenters. The number of carbonyl (C=O) groups is 2. The van der Waals surface area contributed by atoms with Crippen LogP contribution in [0.5, 0.6) is 11.5 Å². The van der Waals surface area contributed by atoms with Gasteiger partial charge in [-0.1, -0.05) is 71.2 Å². The molecule has 0 spiro atoms. The van der Waals surface area contributed by atoms with Crippen LogP contribution in [0.25, 0.3) is 0 Å². The minimum atomic E-state index is -4.23. The van der Waals surface area contributed by atoms with E-state index in [2.05, 4.69) is 21.2 Å². The molecule has 1 fully saturated rings. The normalized spacial score (nSPS) is 13.8. The highest BCUT2D eigenvalue weighted by atomic mass is 79.9. The Bertz CT molecular complexity index is 1800. The number of ether oxygens (including phenoxy) is 2. The predicted octanol–water partition coefficient (Wildman–Crippen LogP) is 6.75. The zero-order chi connectivity index (χ0) is 34.8. The number of nitrogens with zero attached hydrogens (tertiary/aromatic N) is 2. The van der Waals surface area contributed by atoms with E-state index in [1.807, 2.05) is 61.5 Å². The minimum absolute atomic E-state index is 0.0246. The van der Waals surface area contributed by atoms with E-state index in [4.69, 9.17) is 9.47 Å². The zero-order valence-electron chi connectivity index (χ0n) is 27.8. The second kappa shape index (κ2) is 16.8. The molecule has 1 atom stereocenters. The Hall–Kier alpha value is -4.35. The van der Waals surface area contributed by atoms with E-state index in [1.165, 1.54) is 17.0 Å². The standard InChI is InChI=1S/C38H42BrN3O6S/c1-3-48-33-20-18-32(19-21-33)42(49(45,46)35-22-16-30(39)17-23-35)27-37(43)41(26-29-12-9-15-34(24-29)47-2)36(25-28-10-5-4-6-11-28)38(44)40-31-13-7-8-14-31/h4-6,9-12,15-24,31,36H,3,7-8,13-14,25-27H2,1-2H3,(H,40,44)/t36-/m1/s1. The van der Waals surface area contributed by atoms with Crippen LogP contribution >= 0.6 is 15.9 Å². The Kier molecular flexibility index (Phi) is 12.4. The molecule has 11 heteroatoms. The number of sulfonamides is 1. The van der Waals surface area contributed by atoms with Gasteiger partial charge < -0.3 is 19.7 Å². The lowest BCUT2D eigenvalue weighted by molar-refractivity contribution is -0.140. The summed E-state index contributed by atoms with van der Waals surface area (Å²) in [6, 6.07) is 28.8. The molecule has 4 aromatic carbocycles. The number of halogens is 1. The second-order valence-electron chi connectivity index (χ2n) is 12.0. The molecular formula is C38H42BrN3O6S. The third kappa shape index (κ3) is 9.42. The first-order valence-corrected chi connectivity index (χ1v) is 18.7. The van der Waals surface area contributed by atoms with Crippen LogP contribution in [-0.4, -0.2) is 57.5 Å². The van der Waals surface area contributed by atoms with Gasteiger partial charge in [-0.15, -0.1) is 0 Å². The van der Waals surface area contributed by atoms with E-state index in [-0.39, 0.29) is 35.5 Å². The maximum atomic E-state index is 14.7. The molecule has 9 nitrogen and oxygen atoms in total. The van der Waals surface area contributed by atoms with Crippen LogP contribution in [0.4, 0.5) is 5.69 Å². The van der Waals surface area contributed by atoms with Gasteiger partial charge in [-0.25, -0.2) is 8.42 Å². The average molecular weight is 749 g/mol. The lowest BCUT2D eigenvalue weighted by Gasteiger charge is -2.34. The first-order valence-electron chi connectivity index (χ1n) is 16.5. The van der Waals surface area contributed by atoms with Gasteiger partial charge in [0.2, 0.25) is 11.8 Å². The Balaban J connectivity index is 1.57. The Labute approximate surface area is 297 Å². The van der Waals surface area contributed by atoms with Crippen LogP contribution in [0, 0.1) is 0 Å². The lowest BCUT2D eigenvalue weighted by atomic mass is 10.0. The number of hydrogen-bond acceptors (Lipinski definition) is 6. The minimum Gasteiger partial charge on any atom is -0.497 e. The monoisotopic (exact) mass is 747 g/mol. The van der Waals surface area contributed by atoms with Gasteiger partial charge in [-0.2, -0.15) is 0 Å². The van der Waals surface area contributed by atoms with Crippen LogP contribution in [-0.2, 0) is 32.6 Å². The summed E-state index contributed by atoms with van der Waals surface area (Å²) < 4.78 is 41.5. The van der Waals surface area contributed by atoms with Crippen molar-refractivity contribution in [3.8, 4) is 11.5 Å². The number of anilines is 1. The van der Waals surface area contributed by atoms with Crippen LogP contribution in [0.1, 0.15) is 43.7 Å². The van der Waals surface area contributed by atoms with E-state index in [9.17, 15) is 18.0 Å². The molecule has 1 aliphatic rings. The highest BCUT2D eigenvalue weighted by Gasteiger charge is 2.35. The van der Waals surface area contributed by atoms with Crippen molar-refractivity contribution in [1.82, 2.24) is 10.2 Å². The Morgan fingerprint density at radius 1 is 0.878 bits per heavy atom. The van der Waals surface area contributed by atoms with E-state index in [1.54, 1.807) is 43.5 Å².